The van der Waals surface area contributed by atoms with Crippen LogP contribution < -0.4 is 10.6 Å². The van der Waals surface area contributed by atoms with Gasteiger partial charge >= 0.3 is 12.2 Å². The van der Waals surface area contributed by atoms with Gasteiger partial charge in [-0.15, -0.1) is 0 Å². The summed E-state index contributed by atoms with van der Waals surface area (Å²) < 4.78 is 21.2. The normalized spacial score (nSPS) is 21.8. The summed E-state index contributed by atoms with van der Waals surface area (Å²) >= 11 is 0. The lowest BCUT2D eigenvalue weighted by molar-refractivity contribution is -0.0767. The zero-order chi connectivity index (χ0) is 20.6. The largest absolute Gasteiger partial charge is 0.445 e. The maximum Gasteiger partial charge on any atom is 0.407 e. The molecule has 1 aromatic carbocycles. The fourth-order valence-electron chi connectivity index (χ4n) is 3.00. The van der Waals surface area contributed by atoms with Crippen molar-refractivity contribution in [2.24, 2.45) is 0 Å². The number of benzene rings is 1. The van der Waals surface area contributed by atoms with E-state index in [0.717, 1.165) is 5.56 Å². The van der Waals surface area contributed by atoms with Crippen LogP contribution in [0.5, 0.6) is 0 Å². The monoisotopic (exact) mass is 394 g/mol. The van der Waals surface area contributed by atoms with E-state index in [1.54, 1.807) is 20.8 Å². The number of amides is 2. The lowest BCUT2D eigenvalue weighted by Crippen LogP contribution is -2.42. The maximum absolute atomic E-state index is 12.2. The molecule has 0 radical (unpaired) electrons. The van der Waals surface area contributed by atoms with E-state index in [4.69, 9.17) is 18.9 Å². The Hall–Kier alpha value is -2.32. The van der Waals surface area contributed by atoms with Gasteiger partial charge in [-0.05, 0) is 39.2 Å². The van der Waals surface area contributed by atoms with Crippen LogP contribution in [-0.2, 0) is 25.6 Å². The summed E-state index contributed by atoms with van der Waals surface area (Å²) in [4.78, 5) is 24.2. The van der Waals surface area contributed by atoms with Gasteiger partial charge in [-0.3, -0.25) is 0 Å². The minimum absolute atomic E-state index is 0.0983. The molecule has 1 aromatic rings. The van der Waals surface area contributed by atoms with Gasteiger partial charge in [-0.1, -0.05) is 30.3 Å². The molecule has 0 bridgehead atoms. The lowest BCUT2D eigenvalue weighted by atomic mass is 10.2. The Bertz CT molecular complexity index is 631. The Balaban J connectivity index is 1.86. The van der Waals surface area contributed by atoms with E-state index in [-0.39, 0.29) is 31.6 Å². The van der Waals surface area contributed by atoms with Crippen molar-refractivity contribution in [1.82, 2.24) is 10.6 Å². The van der Waals surface area contributed by atoms with Crippen LogP contribution in [0.15, 0.2) is 30.3 Å². The van der Waals surface area contributed by atoms with E-state index >= 15 is 0 Å². The number of rotatable bonds is 7. The molecule has 1 fully saturated rings. The molecule has 28 heavy (non-hydrogen) atoms. The molecule has 2 rings (SSSR count). The molecular formula is C20H30N2O6. The first-order valence-corrected chi connectivity index (χ1v) is 9.34. The number of ether oxygens (including phenoxy) is 4. The third-order valence-electron chi connectivity index (χ3n) is 4.14. The highest BCUT2D eigenvalue weighted by Gasteiger charge is 2.37. The van der Waals surface area contributed by atoms with Gasteiger partial charge in [0, 0.05) is 13.2 Å². The molecule has 156 valence electrons. The molecule has 0 aromatic heterocycles. The average molecular weight is 394 g/mol. The Kier molecular flexibility index (Phi) is 8.07. The highest BCUT2D eigenvalue weighted by Crippen LogP contribution is 2.24. The van der Waals surface area contributed by atoms with Crippen LogP contribution in [0, 0.1) is 0 Å². The predicted molar refractivity (Wildman–Crippen MR) is 103 cm³/mol. The molecule has 8 nitrogen and oxygen atoms in total. The molecule has 1 saturated carbocycles. The molecule has 0 spiro atoms. The molecule has 0 saturated heterocycles. The van der Waals surface area contributed by atoms with Gasteiger partial charge < -0.3 is 29.6 Å². The Labute approximate surface area is 165 Å². The van der Waals surface area contributed by atoms with Crippen molar-refractivity contribution in [3.8, 4) is 0 Å². The number of hydrogen-bond donors (Lipinski definition) is 2. The van der Waals surface area contributed by atoms with Gasteiger partial charge in [0.15, 0.2) is 0 Å². The second-order valence-electron chi connectivity index (χ2n) is 7.74. The number of hydrogen-bond acceptors (Lipinski definition) is 6. The number of nitrogens with one attached hydrogen (secondary N) is 2. The van der Waals surface area contributed by atoms with E-state index in [2.05, 4.69) is 10.6 Å². The Morgan fingerprint density at radius 1 is 1.07 bits per heavy atom. The highest BCUT2D eigenvalue weighted by atomic mass is 16.7. The van der Waals surface area contributed by atoms with Crippen molar-refractivity contribution < 1.29 is 28.5 Å². The average Bonchev–Trinajstić information content (AvgIpc) is 2.98. The number of carbonyl (C=O) groups is 2. The van der Waals surface area contributed by atoms with Gasteiger partial charge in [0.25, 0.3) is 0 Å². The van der Waals surface area contributed by atoms with Crippen molar-refractivity contribution in [3.63, 3.8) is 0 Å². The van der Waals surface area contributed by atoms with Crippen molar-refractivity contribution in [3.05, 3.63) is 35.9 Å². The number of carbonyl (C=O) groups excluding carboxylic acids is 2. The summed E-state index contributed by atoms with van der Waals surface area (Å²) in [5, 5.41) is 5.65. The van der Waals surface area contributed by atoms with E-state index in [1.807, 2.05) is 30.3 Å². The Morgan fingerprint density at radius 2 is 1.79 bits per heavy atom. The summed E-state index contributed by atoms with van der Waals surface area (Å²) in [6, 6.07) is 8.94. The fraction of sp³-hybridized carbons (Fsp3) is 0.600. The summed E-state index contributed by atoms with van der Waals surface area (Å²) in [6.07, 6.45) is -0.280. The van der Waals surface area contributed by atoms with Crippen molar-refractivity contribution in [2.45, 2.75) is 64.0 Å². The maximum atomic E-state index is 12.2. The van der Waals surface area contributed by atoms with Crippen LogP contribution in [0.25, 0.3) is 0 Å². The van der Waals surface area contributed by atoms with E-state index in [0.29, 0.717) is 12.8 Å². The molecule has 3 atom stereocenters. The zero-order valence-corrected chi connectivity index (χ0v) is 16.9. The first-order valence-electron chi connectivity index (χ1n) is 9.34. The quantitative estimate of drug-likeness (QED) is 0.691. The van der Waals surface area contributed by atoms with E-state index < -0.39 is 17.8 Å². The topological polar surface area (TPSA) is 95.1 Å². The van der Waals surface area contributed by atoms with Crippen molar-refractivity contribution in [1.29, 1.82) is 0 Å². The van der Waals surface area contributed by atoms with Crippen LogP contribution in [0.1, 0.15) is 39.2 Å². The van der Waals surface area contributed by atoms with Gasteiger partial charge in [0.1, 0.15) is 19.0 Å². The summed E-state index contributed by atoms with van der Waals surface area (Å²) in [7, 11) is 1.53. The van der Waals surface area contributed by atoms with Gasteiger partial charge in [-0.2, -0.15) is 0 Å². The molecular weight excluding hydrogens is 364 g/mol. The third kappa shape index (κ3) is 7.74. The SMILES string of the molecule is COCO[C@@H]1C[C@@H](NC(=O)OC(C)(C)C)C[C@H]1NC(=O)OCc1ccccc1. The fourth-order valence-corrected chi connectivity index (χ4v) is 3.00. The molecule has 1 aliphatic carbocycles. The second-order valence-corrected chi connectivity index (χ2v) is 7.74. The van der Waals surface area contributed by atoms with Crippen LogP contribution in [0.4, 0.5) is 9.59 Å². The molecule has 0 aliphatic heterocycles. The van der Waals surface area contributed by atoms with Crippen LogP contribution in [0.3, 0.4) is 0 Å². The number of methoxy groups -OCH3 is 1. The minimum Gasteiger partial charge on any atom is -0.445 e. The third-order valence-corrected chi connectivity index (χ3v) is 4.14. The van der Waals surface area contributed by atoms with Crippen molar-refractivity contribution >= 4 is 12.2 Å². The van der Waals surface area contributed by atoms with Crippen LogP contribution in [0.2, 0.25) is 0 Å². The first-order chi connectivity index (χ1) is 13.3. The molecule has 0 heterocycles. The highest BCUT2D eigenvalue weighted by molar-refractivity contribution is 5.69. The predicted octanol–water partition coefficient (Wildman–Crippen LogP) is 2.96. The van der Waals surface area contributed by atoms with Crippen molar-refractivity contribution in [2.75, 3.05) is 13.9 Å². The summed E-state index contributed by atoms with van der Waals surface area (Å²) in [5.41, 5.74) is 0.328. The first kappa shape index (κ1) is 22.0. The molecule has 0 unspecified atom stereocenters. The zero-order valence-electron chi connectivity index (χ0n) is 16.9. The molecule has 2 N–H and O–H groups in total. The van der Waals surface area contributed by atoms with E-state index in [9.17, 15) is 9.59 Å². The standard InChI is InChI=1S/C20H30N2O6/c1-20(2,3)28-19(24)21-15-10-16(17(11-15)27-13-25-4)22-18(23)26-12-14-8-6-5-7-9-14/h5-9,15-17H,10-13H2,1-4H3,(H,21,24)(H,22,23)/t15-,16+,17+/m0/s1. The van der Waals surface area contributed by atoms with Crippen LogP contribution >= 0.6 is 0 Å². The van der Waals surface area contributed by atoms with Gasteiger partial charge in [0.2, 0.25) is 0 Å². The van der Waals surface area contributed by atoms with Crippen LogP contribution in [-0.4, -0.2) is 49.9 Å². The molecule has 8 heteroatoms. The molecule has 2 amide bonds. The smallest absolute Gasteiger partial charge is 0.407 e. The lowest BCUT2D eigenvalue weighted by Gasteiger charge is -2.21. The van der Waals surface area contributed by atoms with Gasteiger partial charge in [-0.25, -0.2) is 9.59 Å². The van der Waals surface area contributed by atoms with Gasteiger partial charge in [0.05, 0.1) is 12.1 Å². The Morgan fingerprint density at radius 3 is 2.43 bits per heavy atom. The minimum atomic E-state index is -0.576. The van der Waals surface area contributed by atoms with E-state index in [1.165, 1.54) is 7.11 Å². The number of alkyl carbamates (subject to hydrolysis) is 2. The summed E-state index contributed by atoms with van der Waals surface area (Å²) in [6.45, 7) is 5.69. The molecule has 1 aliphatic rings. The second kappa shape index (κ2) is 10.3. The summed E-state index contributed by atoms with van der Waals surface area (Å²) in [5.74, 6) is 0.